The van der Waals surface area contributed by atoms with E-state index in [2.05, 4.69) is 38.1 Å². The third kappa shape index (κ3) is 2.75. The van der Waals surface area contributed by atoms with Crippen LogP contribution in [0.1, 0.15) is 12.0 Å². The highest BCUT2D eigenvalue weighted by Gasteiger charge is 1.98. The second-order valence-corrected chi connectivity index (χ2v) is 2.84. The Hall–Kier alpha value is -0.780. The third-order valence-electron chi connectivity index (χ3n) is 1.78. The standard InChI is InChI=1S/C11H14/c1-3-10(2)9-11-7-5-4-6-8-11/h4-8,10H,1-3,9H2. The third-order valence-corrected chi connectivity index (χ3v) is 1.78. The maximum Gasteiger partial charge on any atom is -0.0250 e. The molecule has 1 atom stereocenters. The molecule has 11 heavy (non-hydrogen) atoms. The van der Waals surface area contributed by atoms with Crippen molar-refractivity contribution in [2.24, 2.45) is 5.92 Å². The highest BCUT2D eigenvalue weighted by atomic mass is 14.0. The van der Waals surface area contributed by atoms with E-state index in [9.17, 15) is 0 Å². The Kier molecular flexibility index (Phi) is 3.15. The van der Waals surface area contributed by atoms with E-state index in [1.807, 2.05) is 6.07 Å². The van der Waals surface area contributed by atoms with E-state index in [-0.39, 0.29) is 0 Å². The normalized spacial score (nSPS) is 12.9. The number of rotatable bonds is 3. The lowest BCUT2D eigenvalue weighted by molar-refractivity contribution is 0.653. The van der Waals surface area contributed by atoms with E-state index in [0.717, 1.165) is 12.8 Å². The molecule has 0 aliphatic rings. The molecule has 0 spiro atoms. The molecule has 1 aromatic carbocycles. The summed E-state index contributed by atoms with van der Waals surface area (Å²) in [6.07, 6.45) is 1.96. The van der Waals surface area contributed by atoms with Crippen LogP contribution >= 0.6 is 0 Å². The van der Waals surface area contributed by atoms with Crippen LogP contribution in [0.4, 0.5) is 0 Å². The van der Waals surface area contributed by atoms with Gasteiger partial charge in [0.15, 0.2) is 0 Å². The number of benzene rings is 1. The van der Waals surface area contributed by atoms with E-state index in [1.54, 1.807) is 0 Å². The molecule has 0 heterocycles. The molecule has 0 bridgehead atoms. The molecule has 0 aliphatic heterocycles. The molecule has 0 amide bonds. The summed E-state index contributed by atoms with van der Waals surface area (Å²) in [6, 6.07) is 10.4. The van der Waals surface area contributed by atoms with Crippen molar-refractivity contribution in [2.75, 3.05) is 0 Å². The molecule has 1 rings (SSSR count). The molecular weight excluding hydrogens is 132 g/mol. The summed E-state index contributed by atoms with van der Waals surface area (Å²) >= 11 is 0. The lowest BCUT2D eigenvalue weighted by atomic mass is 9.99. The van der Waals surface area contributed by atoms with Crippen molar-refractivity contribution in [2.45, 2.75) is 12.8 Å². The molecule has 0 saturated heterocycles. The minimum atomic E-state index is 0.456. The van der Waals surface area contributed by atoms with Gasteiger partial charge in [0, 0.05) is 0 Å². The highest BCUT2D eigenvalue weighted by molar-refractivity contribution is 5.15. The van der Waals surface area contributed by atoms with Crippen LogP contribution in [0.5, 0.6) is 0 Å². The molecule has 1 aromatic rings. The van der Waals surface area contributed by atoms with Gasteiger partial charge in [-0.1, -0.05) is 43.7 Å². The average molecular weight is 146 g/mol. The van der Waals surface area contributed by atoms with Gasteiger partial charge >= 0.3 is 0 Å². The second-order valence-electron chi connectivity index (χ2n) is 2.84. The largest absolute Gasteiger partial charge is 0.0622 e. The molecule has 0 N–H and O–H groups in total. The highest BCUT2D eigenvalue weighted by Crippen LogP contribution is 2.09. The van der Waals surface area contributed by atoms with E-state index in [1.165, 1.54) is 5.56 Å². The lowest BCUT2D eigenvalue weighted by Crippen LogP contribution is -1.97. The molecule has 0 aliphatic carbocycles. The molecule has 0 aromatic heterocycles. The summed E-state index contributed by atoms with van der Waals surface area (Å²) < 4.78 is 0. The van der Waals surface area contributed by atoms with Crippen molar-refractivity contribution in [3.8, 4) is 0 Å². The number of hydrogen-bond donors (Lipinski definition) is 0. The van der Waals surface area contributed by atoms with Crippen LogP contribution in [0, 0.1) is 19.8 Å². The first-order valence-corrected chi connectivity index (χ1v) is 3.99. The lowest BCUT2D eigenvalue weighted by Gasteiger charge is -2.06. The summed E-state index contributed by atoms with van der Waals surface area (Å²) in [6.45, 7) is 7.81. The van der Waals surface area contributed by atoms with Crippen LogP contribution in [0.15, 0.2) is 30.3 Å². The molecule has 0 heteroatoms. The maximum absolute atomic E-state index is 3.99. The van der Waals surface area contributed by atoms with Gasteiger partial charge in [0.05, 0.1) is 0 Å². The minimum Gasteiger partial charge on any atom is -0.0622 e. The molecule has 58 valence electrons. The number of hydrogen-bond acceptors (Lipinski definition) is 0. The molecule has 0 fully saturated rings. The maximum atomic E-state index is 3.99. The summed E-state index contributed by atoms with van der Waals surface area (Å²) in [5.41, 5.74) is 1.36. The Morgan fingerprint density at radius 3 is 2.36 bits per heavy atom. The van der Waals surface area contributed by atoms with Crippen molar-refractivity contribution in [1.29, 1.82) is 0 Å². The van der Waals surface area contributed by atoms with Crippen molar-refractivity contribution < 1.29 is 0 Å². The van der Waals surface area contributed by atoms with Crippen LogP contribution in [0.2, 0.25) is 0 Å². The fourth-order valence-corrected chi connectivity index (χ4v) is 1.05. The minimum absolute atomic E-state index is 0.456. The van der Waals surface area contributed by atoms with Gasteiger partial charge in [-0.3, -0.25) is 0 Å². The van der Waals surface area contributed by atoms with Crippen molar-refractivity contribution >= 4 is 0 Å². The summed E-state index contributed by atoms with van der Waals surface area (Å²) in [7, 11) is 0. The molecule has 1 unspecified atom stereocenters. The van der Waals surface area contributed by atoms with E-state index < -0.39 is 0 Å². The summed E-state index contributed by atoms with van der Waals surface area (Å²) in [4.78, 5) is 0. The predicted molar refractivity (Wildman–Crippen MR) is 49.0 cm³/mol. The van der Waals surface area contributed by atoms with Gasteiger partial charge < -0.3 is 0 Å². The van der Waals surface area contributed by atoms with E-state index in [0.29, 0.717) is 5.92 Å². The van der Waals surface area contributed by atoms with Crippen LogP contribution in [-0.2, 0) is 6.42 Å². The SMILES string of the molecule is [CH2]CC([CH2])Cc1ccccc1. The summed E-state index contributed by atoms with van der Waals surface area (Å²) in [5.74, 6) is 0.456. The van der Waals surface area contributed by atoms with Crippen LogP contribution in [0.3, 0.4) is 0 Å². The Balaban J connectivity index is 2.51. The zero-order valence-corrected chi connectivity index (χ0v) is 6.79. The molecule has 0 nitrogen and oxygen atoms in total. The second kappa shape index (κ2) is 4.17. The first-order valence-electron chi connectivity index (χ1n) is 3.99. The van der Waals surface area contributed by atoms with Crippen molar-refractivity contribution in [3.05, 3.63) is 49.7 Å². The Morgan fingerprint density at radius 2 is 1.82 bits per heavy atom. The molecule has 2 radical (unpaired) electrons. The van der Waals surface area contributed by atoms with Gasteiger partial charge in [0.2, 0.25) is 0 Å². The van der Waals surface area contributed by atoms with Crippen LogP contribution < -0.4 is 0 Å². The fourth-order valence-electron chi connectivity index (χ4n) is 1.05. The molecular formula is C11H14. The zero-order valence-electron chi connectivity index (χ0n) is 6.79. The van der Waals surface area contributed by atoms with E-state index in [4.69, 9.17) is 0 Å². The van der Waals surface area contributed by atoms with Crippen LogP contribution in [0.25, 0.3) is 0 Å². The quantitative estimate of drug-likeness (QED) is 0.615. The topological polar surface area (TPSA) is 0 Å². The van der Waals surface area contributed by atoms with Gasteiger partial charge in [-0.05, 0) is 24.8 Å². The monoisotopic (exact) mass is 146 g/mol. The van der Waals surface area contributed by atoms with E-state index >= 15 is 0 Å². The smallest absolute Gasteiger partial charge is 0.0250 e. The first-order chi connectivity index (χ1) is 5.33. The van der Waals surface area contributed by atoms with Gasteiger partial charge in [0.25, 0.3) is 0 Å². The van der Waals surface area contributed by atoms with Gasteiger partial charge in [-0.2, -0.15) is 0 Å². The van der Waals surface area contributed by atoms with Gasteiger partial charge in [0.1, 0.15) is 0 Å². The van der Waals surface area contributed by atoms with Crippen molar-refractivity contribution in [3.63, 3.8) is 0 Å². The molecule has 0 saturated carbocycles. The zero-order chi connectivity index (χ0) is 8.10. The Labute approximate surface area is 69.3 Å². The Bertz CT molecular complexity index is 188. The Morgan fingerprint density at radius 1 is 1.18 bits per heavy atom. The predicted octanol–water partition coefficient (Wildman–Crippen LogP) is 2.90. The summed E-state index contributed by atoms with van der Waals surface area (Å²) in [5, 5.41) is 0. The van der Waals surface area contributed by atoms with Gasteiger partial charge in [-0.15, -0.1) is 0 Å². The average Bonchev–Trinajstić information content (AvgIpc) is 2.06. The van der Waals surface area contributed by atoms with Crippen LogP contribution in [-0.4, -0.2) is 0 Å². The van der Waals surface area contributed by atoms with Crippen molar-refractivity contribution in [1.82, 2.24) is 0 Å². The van der Waals surface area contributed by atoms with Gasteiger partial charge in [-0.25, -0.2) is 0 Å². The fraction of sp³-hybridized carbons (Fsp3) is 0.273. The first kappa shape index (κ1) is 8.32.